The molecule has 1 saturated carbocycles. The molecule has 1 spiro atoms. The Kier molecular flexibility index (Phi) is 4.94. The van der Waals surface area contributed by atoms with Crippen molar-refractivity contribution >= 4 is 5.91 Å². The zero-order valence-corrected chi connectivity index (χ0v) is 17.5. The molecule has 1 amide bonds. The van der Waals surface area contributed by atoms with Crippen LogP contribution in [0.4, 0.5) is 0 Å². The standard InChI is InChI=1S/C24H32N4O/c1-2-28-21(10-15-25-28)23(29)26-16-11-20(12-17-26)27-18-24(13-6-7-14-24)22(27)19-8-4-3-5-9-19/h3-5,8-10,15,20,22H,2,6-7,11-14,16-18H2,1H3. The highest BCUT2D eigenvalue weighted by Gasteiger charge is 2.55. The fourth-order valence-electron chi connectivity index (χ4n) is 6.14. The van der Waals surface area contributed by atoms with Gasteiger partial charge in [0.05, 0.1) is 0 Å². The van der Waals surface area contributed by atoms with E-state index in [2.05, 4.69) is 40.3 Å². The maximum absolute atomic E-state index is 12.9. The van der Waals surface area contributed by atoms with Crippen LogP contribution < -0.4 is 0 Å². The summed E-state index contributed by atoms with van der Waals surface area (Å²) in [6.45, 7) is 5.71. The molecule has 1 aliphatic carbocycles. The lowest BCUT2D eigenvalue weighted by Crippen LogP contribution is -2.62. The molecule has 0 bridgehead atoms. The van der Waals surface area contributed by atoms with E-state index in [9.17, 15) is 4.79 Å². The van der Waals surface area contributed by atoms with Crippen LogP contribution in [0.5, 0.6) is 0 Å². The molecule has 2 saturated heterocycles. The fourth-order valence-corrected chi connectivity index (χ4v) is 6.14. The van der Waals surface area contributed by atoms with Crippen molar-refractivity contribution in [2.75, 3.05) is 19.6 Å². The van der Waals surface area contributed by atoms with Gasteiger partial charge >= 0.3 is 0 Å². The summed E-state index contributed by atoms with van der Waals surface area (Å²) in [5.41, 5.74) is 2.72. The summed E-state index contributed by atoms with van der Waals surface area (Å²) in [6.07, 6.45) is 9.40. The summed E-state index contributed by atoms with van der Waals surface area (Å²) in [4.78, 5) is 17.7. The van der Waals surface area contributed by atoms with E-state index < -0.39 is 0 Å². The highest BCUT2D eigenvalue weighted by atomic mass is 16.2. The third-order valence-electron chi connectivity index (χ3n) is 7.58. The molecular weight excluding hydrogens is 360 g/mol. The van der Waals surface area contributed by atoms with Crippen molar-refractivity contribution in [3.8, 4) is 0 Å². The first-order chi connectivity index (χ1) is 14.2. The van der Waals surface area contributed by atoms with Gasteiger partial charge in [-0.1, -0.05) is 43.2 Å². The lowest BCUT2D eigenvalue weighted by molar-refractivity contribution is -0.111. The van der Waals surface area contributed by atoms with Crippen LogP contribution in [0.25, 0.3) is 0 Å². The monoisotopic (exact) mass is 392 g/mol. The Bertz CT molecular complexity index is 847. The smallest absolute Gasteiger partial charge is 0.272 e. The van der Waals surface area contributed by atoms with Crippen molar-refractivity contribution in [2.45, 2.75) is 64.1 Å². The molecule has 29 heavy (non-hydrogen) atoms. The van der Waals surface area contributed by atoms with Crippen LogP contribution in [0.1, 0.15) is 67.5 Å². The molecule has 1 unspecified atom stereocenters. The minimum atomic E-state index is 0.137. The summed E-state index contributed by atoms with van der Waals surface area (Å²) >= 11 is 0. The van der Waals surface area contributed by atoms with Crippen molar-refractivity contribution in [3.05, 3.63) is 53.9 Å². The van der Waals surface area contributed by atoms with Gasteiger partial charge in [-0.15, -0.1) is 0 Å². The van der Waals surface area contributed by atoms with Crippen molar-refractivity contribution in [1.82, 2.24) is 19.6 Å². The van der Waals surface area contributed by atoms with Gasteiger partial charge in [0.1, 0.15) is 5.69 Å². The van der Waals surface area contributed by atoms with Gasteiger partial charge in [0, 0.05) is 49.9 Å². The van der Waals surface area contributed by atoms with E-state index in [1.54, 1.807) is 10.9 Å². The molecule has 0 radical (unpaired) electrons. The van der Waals surface area contributed by atoms with Gasteiger partial charge in [0.25, 0.3) is 5.91 Å². The summed E-state index contributed by atoms with van der Waals surface area (Å²) in [5, 5.41) is 4.26. The maximum Gasteiger partial charge on any atom is 0.272 e. The minimum Gasteiger partial charge on any atom is -0.337 e. The van der Waals surface area contributed by atoms with Crippen LogP contribution in [0.2, 0.25) is 0 Å². The number of rotatable bonds is 4. The predicted molar refractivity (Wildman–Crippen MR) is 114 cm³/mol. The maximum atomic E-state index is 12.9. The first-order valence-corrected chi connectivity index (χ1v) is 11.3. The highest BCUT2D eigenvalue weighted by Crippen LogP contribution is 2.59. The van der Waals surface area contributed by atoms with Crippen molar-refractivity contribution in [1.29, 1.82) is 0 Å². The zero-order valence-electron chi connectivity index (χ0n) is 17.5. The molecule has 2 aromatic rings. The van der Waals surface area contributed by atoms with E-state index in [0.29, 0.717) is 17.5 Å². The Morgan fingerprint density at radius 3 is 2.52 bits per heavy atom. The van der Waals surface area contributed by atoms with E-state index >= 15 is 0 Å². The number of amides is 1. The lowest BCUT2D eigenvalue weighted by atomic mass is 9.66. The van der Waals surface area contributed by atoms with Crippen molar-refractivity contribution in [3.63, 3.8) is 0 Å². The van der Waals surface area contributed by atoms with Gasteiger partial charge in [0.2, 0.25) is 0 Å². The number of aryl methyl sites for hydroxylation is 1. The fraction of sp³-hybridized carbons (Fsp3) is 0.583. The summed E-state index contributed by atoms with van der Waals surface area (Å²) in [5.74, 6) is 0.137. The summed E-state index contributed by atoms with van der Waals surface area (Å²) in [7, 11) is 0. The Labute approximate surface area is 173 Å². The number of carbonyl (C=O) groups excluding carboxylic acids is 1. The third-order valence-corrected chi connectivity index (χ3v) is 7.58. The minimum absolute atomic E-state index is 0.137. The number of hydrogen-bond donors (Lipinski definition) is 0. The summed E-state index contributed by atoms with van der Waals surface area (Å²) < 4.78 is 1.80. The number of hydrogen-bond acceptors (Lipinski definition) is 3. The molecule has 0 N–H and O–H groups in total. The van der Waals surface area contributed by atoms with E-state index in [0.717, 1.165) is 38.2 Å². The quantitative estimate of drug-likeness (QED) is 0.786. The normalized spacial score (nSPS) is 24.7. The van der Waals surface area contributed by atoms with Crippen LogP contribution in [-0.4, -0.2) is 51.2 Å². The number of likely N-dealkylation sites (tertiary alicyclic amines) is 2. The molecule has 1 atom stereocenters. The van der Waals surface area contributed by atoms with Crippen LogP contribution in [0, 0.1) is 5.41 Å². The molecule has 2 aliphatic heterocycles. The van der Waals surface area contributed by atoms with Crippen LogP contribution in [-0.2, 0) is 6.54 Å². The SMILES string of the molecule is CCn1nccc1C(=O)N1CCC(N2CC3(CCCC3)C2c2ccccc2)CC1. The van der Waals surface area contributed by atoms with Crippen molar-refractivity contribution in [2.24, 2.45) is 5.41 Å². The molecule has 3 heterocycles. The Hall–Kier alpha value is -2.14. The number of carbonyl (C=O) groups is 1. The summed E-state index contributed by atoms with van der Waals surface area (Å²) in [6, 6.07) is 14.1. The first kappa shape index (κ1) is 18.9. The van der Waals surface area contributed by atoms with Crippen LogP contribution in [0.3, 0.4) is 0 Å². The molecule has 1 aromatic carbocycles. The number of piperidine rings is 1. The average Bonchev–Trinajstić information content (AvgIpc) is 3.43. The Balaban J connectivity index is 1.27. The Morgan fingerprint density at radius 1 is 1.10 bits per heavy atom. The van der Waals surface area contributed by atoms with Gasteiger partial charge in [-0.3, -0.25) is 14.4 Å². The topological polar surface area (TPSA) is 41.4 Å². The molecule has 154 valence electrons. The highest BCUT2D eigenvalue weighted by molar-refractivity contribution is 5.92. The lowest BCUT2D eigenvalue weighted by Gasteiger charge is -2.60. The van der Waals surface area contributed by atoms with E-state index in [1.807, 2.05) is 17.9 Å². The second-order valence-corrected chi connectivity index (χ2v) is 9.11. The Morgan fingerprint density at radius 2 is 1.83 bits per heavy atom. The molecule has 5 nitrogen and oxygen atoms in total. The second-order valence-electron chi connectivity index (χ2n) is 9.11. The van der Waals surface area contributed by atoms with Crippen LogP contribution >= 0.6 is 0 Å². The largest absolute Gasteiger partial charge is 0.337 e. The first-order valence-electron chi connectivity index (χ1n) is 11.3. The molecule has 3 aliphatic rings. The van der Waals surface area contributed by atoms with Gasteiger partial charge in [0.15, 0.2) is 0 Å². The van der Waals surface area contributed by atoms with E-state index in [4.69, 9.17) is 0 Å². The number of nitrogens with zero attached hydrogens (tertiary/aromatic N) is 4. The van der Waals surface area contributed by atoms with Gasteiger partial charge in [-0.25, -0.2) is 0 Å². The molecule has 1 aromatic heterocycles. The molecular formula is C24H32N4O. The number of benzene rings is 1. The van der Waals surface area contributed by atoms with E-state index in [-0.39, 0.29) is 5.91 Å². The van der Waals surface area contributed by atoms with Gasteiger partial charge < -0.3 is 4.90 Å². The van der Waals surface area contributed by atoms with Gasteiger partial charge in [-0.2, -0.15) is 5.10 Å². The van der Waals surface area contributed by atoms with E-state index in [1.165, 1.54) is 37.8 Å². The molecule has 5 rings (SSSR count). The zero-order chi connectivity index (χ0) is 19.8. The predicted octanol–water partition coefficient (Wildman–Crippen LogP) is 4.12. The van der Waals surface area contributed by atoms with Gasteiger partial charge in [-0.05, 0) is 44.2 Å². The van der Waals surface area contributed by atoms with Crippen LogP contribution in [0.15, 0.2) is 42.6 Å². The second kappa shape index (κ2) is 7.60. The number of aromatic nitrogens is 2. The average molecular weight is 393 g/mol. The third kappa shape index (κ3) is 3.20. The molecule has 3 fully saturated rings. The van der Waals surface area contributed by atoms with Crippen molar-refractivity contribution < 1.29 is 4.79 Å². The molecule has 5 heteroatoms.